The summed E-state index contributed by atoms with van der Waals surface area (Å²) in [6.07, 6.45) is 1.66. The molecule has 1 heterocycles. The van der Waals surface area contributed by atoms with E-state index in [4.69, 9.17) is 4.42 Å². The number of nitrogens with zero attached hydrogens (tertiary/aromatic N) is 1. The van der Waals surface area contributed by atoms with Gasteiger partial charge in [-0.2, -0.15) is 0 Å². The fraction of sp³-hybridized carbons (Fsp3) is 0.294. The highest BCUT2D eigenvalue weighted by molar-refractivity contribution is 5.91. The van der Waals surface area contributed by atoms with Crippen LogP contribution in [0.15, 0.2) is 47.1 Å². The third-order valence-electron chi connectivity index (χ3n) is 3.33. The molecule has 0 saturated carbocycles. The smallest absolute Gasteiger partial charge is 0.286 e. The van der Waals surface area contributed by atoms with Crippen LogP contribution < -0.4 is 15.5 Å². The second-order valence-electron chi connectivity index (χ2n) is 5.32. The Balaban J connectivity index is 1.68. The van der Waals surface area contributed by atoms with Gasteiger partial charge in [0.15, 0.2) is 5.76 Å². The molecule has 6 heteroatoms. The van der Waals surface area contributed by atoms with E-state index in [1.807, 2.05) is 43.3 Å². The number of carbonyl (C=O) groups is 2. The van der Waals surface area contributed by atoms with Crippen LogP contribution in [0.2, 0.25) is 0 Å². The Hall–Kier alpha value is -2.76. The molecule has 2 N–H and O–H groups in total. The zero-order valence-corrected chi connectivity index (χ0v) is 13.3. The largest absolute Gasteiger partial charge is 0.459 e. The summed E-state index contributed by atoms with van der Waals surface area (Å²) in [7, 11) is 3.96. The summed E-state index contributed by atoms with van der Waals surface area (Å²) in [5, 5.41) is 5.46. The van der Waals surface area contributed by atoms with E-state index in [9.17, 15) is 9.59 Å². The molecule has 0 saturated heterocycles. The van der Waals surface area contributed by atoms with E-state index in [1.165, 1.54) is 6.26 Å². The van der Waals surface area contributed by atoms with Crippen molar-refractivity contribution in [2.45, 2.75) is 13.0 Å². The highest BCUT2D eigenvalue weighted by Gasteiger charge is 2.08. The first-order valence-electron chi connectivity index (χ1n) is 7.41. The van der Waals surface area contributed by atoms with Crippen LogP contribution in [-0.2, 0) is 11.3 Å². The minimum atomic E-state index is -0.318. The fourth-order valence-corrected chi connectivity index (χ4v) is 1.99. The van der Waals surface area contributed by atoms with Gasteiger partial charge in [0.25, 0.3) is 5.91 Å². The van der Waals surface area contributed by atoms with Crippen molar-refractivity contribution in [3.63, 3.8) is 0 Å². The Morgan fingerprint density at radius 1 is 1.09 bits per heavy atom. The number of benzene rings is 1. The lowest BCUT2D eigenvalue weighted by molar-refractivity contribution is -0.121. The van der Waals surface area contributed by atoms with Crippen molar-refractivity contribution in [2.24, 2.45) is 0 Å². The van der Waals surface area contributed by atoms with Crippen molar-refractivity contribution in [3.05, 3.63) is 54.0 Å². The van der Waals surface area contributed by atoms with Gasteiger partial charge in [-0.1, -0.05) is 12.1 Å². The Bertz CT molecular complexity index is 634. The van der Waals surface area contributed by atoms with E-state index >= 15 is 0 Å². The molecule has 2 aromatic rings. The quantitative estimate of drug-likeness (QED) is 0.817. The lowest BCUT2D eigenvalue weighted by atomic mass is 10.2. The molecule has 0 bridgehead atoms. The molecule has 1 aromatic carbocycles. The van der Waals surface area contributed by atoms with Gasteiger partial charge in [0.05, 0.1) is 6.26 Å². The van der Waals surface area contributed by atoms with E-state index in [0.717, 1.165) is 11.3 Å². The summed E-state index contributed by atoms with van der Waals surface area (Å²) in [4.78, 5) is 25.4. The van der Waals surface area contributed by atoms with Crippen LogP contribution >= 0.6 is 0 Å². The maximum Gasteiger partial charge on any atom is 0.286 e. The van der Waals surface area contributed by atoms with Crippen molar-refractivity contribution in [2.75, 3.05) is 25.5 Å². The highest BCUT2D eigenvalue weighted by atomic mass is 16.3. The summed E-state index contributed by atoms with van der Waals surface area (Å²) in [5.74, 6) is -0.185. The van der Waals surface area contributed by atoms with Crippen LogP contribution in [0.25, 0.3) is 0 Å². The minimum Gasteiger partial charge on any atom is -0.459 e. The standard InChI is InChI=1S/C17H21N3O3/c1-20(2)14-7-5-13(6-8-14)12-19-16(21)9-10-18-17(22)15-4-3-11-23-15/h3-8,11H,9-10,12H2,1-2H3,(H,18,22)(H,19,21). The molecule has 23 heavy (non-hydrogen) atoms. The first kappa shape index (κ1) is 16.6. The zero-order chi connectivity index (χ0) is 16.7. The molecule has 0 unspecified atom stereocenters. The molecular formula is C17H21N3O3. The summed E-state index contributed by atoms with van der Waals surface area (Å²) in [6.45, 7) is 0.740. The van der Waals surface area contributed by atoms with E-state index < -0.39 is 0 Å². The lowest BCUT2D eigenvalue weighted by Crippen LogP contribution is -2.30. The summed E-state index contributed by atoms with van der Waals surface area (Å²) >= 11 is 0. The number of rotatable bonds is 7. The Morgan fingerprint density at radius 3 is 2.43 bits per heavy atom. The van der Waals surface area contributed by atoms with Crippen LogP contribution in [-0.4, -0.2) is 32.5 Å². The average molecular weight is 315 g/mol. The van der Waals surface area contributed by atoms with Crippen LogP contribution in [0.3, 0.4) is 0 Å². The summed E-state index contributed by atoms with van der Waals surface area (Å²) in [6, 6.07) is 11.2. The van der Waals surface area contributed by atoms with Gasteiger partial charge in [0.1, 0.15) is 0 Å². The third-order valence-corrected chi connectivity index (χ3v) is 3.33. The molecule has 0 radical (unpaired) electrons. The predicted octanol–water partition coefficient (Wildman–Crippen LogP) is 1.78. The van der Waals surface area contributed by atoms with Crippen molar-refractivity contribution in [1.82, 2.24) is 10.6 Å². The number of anilines is 1. The molecule has 0 aliphatic rings. The van der Waals surface area contributed by atoms with Crippen molar-refractivity contribution < 1.29 is 14.0 Å². The second-order valence-corrected chi connectivity index (χ2v) is 5.32. The molecule has 0 spiro atoms. The van der Waals surface area contributed by atoms with Crippen molar-refractivity contribution in [1.29, 1.82) is 0 Å². The van der Waals surface area contributed by atoms with Gasteiger partial charge < -0.3 is 20.0 Å². The molecule has 0 aliphatic heterocycles. The SMILES string of the molecule is CN(C)c1ccc(CNC(=O)CCNC(=O)c2ccco2)cc1. The molecule has 2 amide bonds. The number of amides is 2. The number of hydrogen-bond donors (Lipinski definition) is 2. The van der Waals surface area contributed by atoms with Gasteiger partial charge in [-0.25, -0.2) is 0 Å². The Labute approximate surface area is 135 Å². The molecule has 2 rings (SSSR count). The zero-order valence-electron chi connectivity index (χ0n) is 13.3. The van der Waals surface area contributed by atoms with Gasteiger partial charge in [0.2, 0.25) is 5.91 Å². The average Bonchev–Trinajstić information content (AvgIpc) is 3.07. The minimum absolute atomic E-state index is 0.110. The molecule has 122 valence electrons. The van der Waals surface area contributed by atoms with E-state index in [0.29, 0.717) is 6.54 Å². The second kappa shape index (κ2) is 8.03. The third kappa shape index (κ3) is 5.18. The maximum absolute atomic E-state index is 11.8. The Kier molecular flexibility index (Phi) is 5.80. The number of furan rings is 1. The van der Waals surface area contributed by atoms with Gasteiger partial charge >= 0.3 is 0 Å². The van der Waals surface area contributed by atoms with Crippen LogP contribution in [0, 0.1) is 0 Å². The van der Waals surface area contributed by atoms with Crippen LogP contribution in [0.4, 0.5) is 5.69 Å². The Morgan fingerprint density at radius 2 is 1.83 bits per heavy atom. The molecule has 0 atom stereocenters. The van der Waals surface area contributed by atoms with Gasteiger partial charge in [0, 0.05) is 39.3 Å². The highest BCUT2D eigenvalue weighted by Crippen LogP contribution is 2.11. The van der Waals surface area contributed by atoms with Gasteiger partial charge in [-0.15, -0.1) is 0 Å². The topological polar surface area (TPSA) is 74.6 Å². The molecule has 0 fully saturated rings. The molecule has 6 nitrogen and oxygen atoms in total. The normalized spacial score (nSPS) is 10.2. The molecular weight excluding hydrogens is 294 g/mol. The number of hydrogen-bond acceptors (Lipinski definition) is 4. The lowest BCUT2D eigenvalue weighted by Gasteiger charge is -2.13. The fourth-order valence-electron chi connectivity index (χ4n) is 1.99. The first-order valence-corrected chi connectivity index (χ1v) is 7.41. The first-order chi connectivity index (χ1) is 11.1. The van der Waals surface area contributed by atoms with Crippen molar-refractivity contribution in [3.8, 4) is 0 Å². The molecule has 0 aliphatic carbocycles. The monoisotopic (exact) mass is 315 g/mol. The number of carbonyl (C=O) groups excluding carboxylic acids is 2. The van der Waals surface area contributed by atoms with E-state index in [1.54, 1.807) is 12.1 Å². The summed E-state index contributed by atoms with van der Waals surface area (Å²) < 4.78 is 4.97. The maximum atomic E-state index is 11.8. The van der Waals surface area contributed by atoms with Gasteiger partial charge in [-0.3, -0.25) is 9.59 Å². The number of nitrogens with one attached hydrogen (secondary N) is 2. The van der Waals surface area contributed by atoms with Crippen LogP contribution in [0.5, 0.6) is 0 Å². The van der Waals surface area contributed by atoms with Crippen LogP contribution in [0.1, 0.15) is 22.5 Å². The van der Waals surface area contributed by atoms with Crippen molar-refractivity contribution >= 4 is 17.5 Å². The van der Waals surface area contributed by atoms with Gasteiger partial charge in [-0.05, 0) is 29.8 Å². The van der Waals surface area contributed by atoms with E-state index in [2.05, 4.69) is 10.6 Å². The van der Waals surface area contributed by atoms with E-state index in [-0.39, 0.29) is 30.5 Å². The predicted molar refractivity (Wildman–Crippen MR) is 88.3 cm³/mol. The summed E-state index contributed by atoms with van der Waals surface area (Å²) in [5.41, 5.74) is 2.14. The molecule has 1 aromatic heterocycles.